The summed E-state index contributed by atoms with van der Waals surface area (Å²) in [5.74, 6) is 5.62. The molecule has 0 spiro atoms. The normalized spacial score (nSPS) is 43.2. The summed E-state index contributed by atoms with van der Waals surface area (Å²) in [4.78, 5) is 0. The monoisotopic (exact) mass is 428 g/mol. The Kier molecular flexibility index (Phi) is 7.32. The molecule has 0 aromatic carbocycles. The van der Waals surface area contributed by atoms with Crippen molar-refractivity contribution in [2.75, 3.05) is 6.61 Å². The van der Waals surface area contributed by atoms with Crippen LogP contribution in [0.15, 0.2) is 11.6 Å². The van der Waals surface area contributed by atoms with Crippen molar-refractivity contribution in [3.63, 3.8) is 0 Å². The van der Waals surface area contributed by atoms with E-state index in [-0.39, 0.29) is 0 Å². The molecule has 4 aliphatic carbocycles. The lowest BCUT2D eigenvalue weighted by Crippen LogP contribution is -2.51. The molecule has 0 bridgehead atoms. The summed E-state index contributed by atoms with van der Waals surface area (Å²) < 4.78 is 6.19. The topological polar surface area (TPSA) is 9.23 Å². The summed E-state index contributed by atoms with van der Waals surface area (Å²) in [5, 5.41) is 0. The van der Waals surface area contributed by atoms with Gasteiger partial charge in [-0.1, -0.05) is 72.5 Å². The molecule has 0 heterocycles. The first kappa shape index (κ1) is 23.8. The van der Waals surface area contributed by atoms with Gasteiger partial charge in [0.1, 0.15) is 0 Å². The predicted octanol–water partition coefficient (Wildman–Crippen LogP) is 8.82. The van der Waals surface area contributed by atoms with Gasteiger partial charge in [-0.05, 0) is 104 Å². The van der Waals surface area contributed by atoms with Gasteiger partial charge in [0.2, 0.25) is 0 Å². The number of hydrogen-bond acceptors (Lipinski definition) is 1. The van der Waals surface area contributed by atoms with Gasteiger partial charge in [0, 0.05) is 6.61 Å². The summed E-state index contributed by atoms with van der Waals surface area (Å²) in [6.07, 6.45) is 19.9. The third-order valence-electron chi connectivity index (χ3n) is 10.8. The van der Waals surface area contributed by atoms with Crippen LogP contribution in [-0.2, 0) is 4.74 Å². The van der Waals surface area contributed by atoms with Crippen LogP contribution in [-0.4, -0.2) is 12.7 Å². The number of rotatable bonds is 8. The van der Waals surface area contributed by atoms with Crippen LogP contribution in [0.25, 0.3) is 0 Å². The lowest BCUT2D eigenvalue weighted by molar-refractivity contribution is -0.0638. The molecule has 0 radical (unpaired) electrons. The molecule has 0 aliphatic heterocycles. The fourth-order valence-corrected chi connectivity index (χ4v) is 9.08. The van der Waals surface area contributed by atoms with Crippen LogP contribution in [0.2, 0.25) is 0 Å². The highest BCUT2D eigenvalue weighted by Gasteiger charge is 2.59. The average Bonchev–Trinajstić information content (AvgIpc) is 3.09. The van der Waals surface area contributed by atoms with E-state index in [1.807, 2.05) is 0 Å². The number of ether oxygens (including phenoxy) is 1. The Bertz CT molecular complexity index is 634. The zero-order valence-corrected chi connectivity index (χ0v) is 21.7. The summed E-state index contributed by atoms with van der Waals surface area (Å²) >= 11 is 0. The quantitative estimate of drug-likeness (QED) is 0.351. The molecule has 0 amide bonds. The molecule has 0 unspecified atom stereocenters. The van der Waals surface area contributed by atoms with E-state index in [1.54, 1.807) is 5.57 Å². The van der Waals surface area contributed by atoms with E-state index in [9.17, 15) is 0 Å². The first-order chi connectivity index (χ1) is 14.8. The molecule has 4 rings (SSSR count). The maximum atomic E-state index is 6.19. The molecular weight excluding hydrogens is 376 g/mol. The first-order valence-corrected chi connectivity index (χ1v) is 14.1. The van der Waals surface area contributed by atoms with Gasteiger partial charge in [0.15, 0.2) is 0 Å². The van der Waals surface area contributed by atoms with Gasteiger partial charge in [0.25, 0.3) is 0 Å². The van der Waals surface area contributed by atoms with Crippen molar-refractivity contribution in [3.8, 4) is 0 Å². The van der Waals surface area contributed by atoms with Crippen molar-refractivity contribution in [1.29, 1.82) is 0 Å². The first-order valence-electron chi connectivity index (χ1n) is 14.1. The highest BCUT2D eigenvalue weighted by Crippen LogP contribution is 2.67. The minimum Gasteiger partial charge on any atom is -0.378 e. The van der Waals surface area contributed by atoms with Crippen LogP contribution in [0.1, 0.15) is 119 Å². The van der Waals surface area contributed by atoms with Crippen molar-refractivity contribution in [3.05, 3.63) is 11.6 Å². The molecule has 0 N–H and O–H groups in total. The van der Waals surface area contributed by atoms with Gasteiger partial charge in [-0.15, -0.1) is 0 Å². The molecule has 3 saturated carbocycles. The predicted molar refractivity (Wildman–Crippen MR) is 133 cm³/mol. The number of fused-ring (bicyclic) bond motifs is 5. The molecular formula is C30H52O. The Labute approximate surface area is 194 Å². The minimum atomic E-state index is 0.470. The van der Waals surface area contributed by atoms with E-state index in [1.165, 1.54) is 70.6 Å². The highest BCUT2D eigenvalue weighted by molar-refractivity contribution is 5.25. The standard InChI is InChI=1S/C30H52O/c1-7-19-31-24-15-17-29(5)23(20-24)11-12-25-27-14-13-26(22(4)10-8-9-21(2)3)30(27,6)18-16-28(25)29/h11,21-22,24-28H,7-10,12-20H2,1-6H3/t22-,24-,25+,26-,27+,28+,29+,30-/m1/s1. The fourth-order valence-electron chi connectivity index (χ4n) is 9.08. The Balaban J connectivity index is 1.45. The van der Waals surface area contributed by atoms with Gasteiger partial charge in [-0.3, -0.25) is 0 Å². The van der Waals surface area contributed by atoms with Gasteiger partial charge in [-0.25, -0.2) is 0 Å². The van der Waals surface area contributed by atoms with Crippen molar-refractivity contribution in [2.24, 2.45) is 46.3 Å². The van der Waals surface area contributed by atoms with E-state index in [0.717, 1.165) is 48.5 Å². The average molecular weight is 429 g/mol. The minimum absolute atomic E-state index is 0.470. The van der Waals surface area contributed by atoms with Gasteiger partial charge in [-0.2, -0.15) is 0 Å². The lowest BCUT2D eigenvalue weighted by Gasteiger charge is -2.58. The van der Waals surface area contributed by atoms with E-state index < -0.39 is 0 Å². The lowest BCUT2D eigenvalue weighted by atomic mass is 9.47. The Morgan fingerprint density at radius 3 is 2.55 bits per heavy atom. The molecule has 8 atom stereocenters. The molecule has 0 aromatic rings. The molecule has 1 nitrogen and oxygen atoms in total. The van der Waals surface area contributed by atoms with Crippen molar-refractivity contribution < 1.29 is 4.74 Å². The SMILES string of the molecule is CCCO[C@@H]1CC[C@@]2(C)C(=CC[C@H]3[C@@H]4CC[C@H]([C@H](C)CCCC(C)C)[C@@]4(C)CC[C@@H]32)C1. The summed E-state index contributed by atoms with van der Waals surface area (Å²) in [6.45, 7) is 15.9. The molecule has 1 heteroatoms. The highest BCUT2D eigenvalue weighted by atomic mass is 16.5. The summed E-state index contributed by atoms with van der Waals surface area (Å²) in [6, 6.07) is 0. The van der Waals surface area contributed by atoms with Crippen LogP contribution in [0.5, 0.6) is 0 Å². The van der Waals surface area contributed by atoms with Crippen LogP contribution in [0.4, 0.5) is 0 Å². The summed E-state index contributed by atoms with van der Waals surface area (Å²) in [5.41, 5.74) is 2.86. The van der Waals surface area contributed by atoms with Crippen molar-refractivity contribution in [2.45, 2.75) is 125 Å². The van der Waals surface area contributed by atoms with E-state index in [4.69, 9.17) is 4.74 Å². The fraction of sp³-hybridized carbons (Fsp3) is 0.933. The van der Waals surface area contributed by atoms with Crippen LogP contribution in [0, 0.1) is 46.3 Å². The Morgan fingerprint density at radius 1 is 1.00 bits per heavy atom. The smallest absolute Gasteiger partial charge is 0.0612 e. The zero-order chi connectivity index (χ0) is 22.2. The van der Waals surface area contributed by atoms with E-state index >= 15 is 0 Å². The van der Waals surface area contributed by atoms with Gasteiger partial charge in [0.05, 0.1) is 6.10 Å². The molecule has 4 aliphatic rings. The van der Waals surface area contributed by atoms with E-state index in [2.05, 4.69) is 47.6 Å². The number of hydrogen-bond donors (Lipinski definition) is 0. The molecule has 178 valence electrons. The number of allylic oxidation sites excluding steroid dienone is 1. The van der Waals surface area contributed by atoms with Gasteiger partial charge < -0.3 is 4.74 Å². The zero-order valence-electron chi connectivity index (χ0n) is 21.7. The molecule has 3 fully saturated rings. The summed E-state index contributed by atoms with van der Waals surface area (Å²) in [7, 11) is 0. The second-order valence-corrected chi connectivity index (χ2v) is 13.0. The Hall–Kier alpha value is -0.300. The third kappa shape index (κ3) is 4.43. The second-order valence-electron chi connectivity index (χ2n) is 13.0. The van der Waals surface area contributed by atoms with Crippen LogP contribution >= 0.6 is 0 Å². The molecule has 31 heavy (non-hydrogen) atoms. The molecule has 0 aromatic heterocycles. The maximum absolute atomic E-state index is 6.19. The van der Waals surface area contributed by atoms with Crippen LogP contribution in [0.3, 0.4) is 0 Å². The Morgan fingerprint density at radius 2 is 1.81 bits per heavy atom. The molecule has 0 saturated heterocycles. The maximum Gasteiger partial charge on any atom is 0.0612 e. The van der Waals surface area contributed by atoms with Crippen molar-refractivity contribution in [1.82, 2.24) is 0 Å². The largest absolute Gasteiger partial charge is 0.378 e. The van der Waals surface area contributed by atoms with Crippen LogP contribution < -0.4 is 0 Å². The third-order valence-corrected chi connectivity index (χ3v) is 10.8. The van der Waals surface area contributed by atoms with Gasteiger partial charge >= 0.3 is 0 Å². The van der Waals surface area contributed by atoms with E-state index in [0.29, 0.717) is 16.9 Å². The van der Waals surface area contributed by atoms with Crippen molar-refractivity contribution >= 4 is 0 Å². The second kappa shape index (κ2) is 9.52.